The van der Waals surface area contributed by atoms with Crippen LogP contribution in [-0.4, -0.2) is 31.5 Å². The minimum Gasteiger partial charge on any atom is -0.484 e. The van der Waals surface area contributed by atoms with Crippen molar-refractivity contribution in [1.29, 1.82) is 0 Å². The number of nitrogens with zero attached hydrogens (tertiary/aromatic N) is 1. The Balaban J connectivity index is 1.74. The largest absolute Gasteiger partial charge is 0.484 e. The lowest BCUT2D eigenvalue weighted by atomic mass is 10.1. The van der Waals surface area contributed by atoms with Crippen LogP contribution in [-0.2, 0) is 17.9 Å². The van der Waals surface area contributed by atoms with Gasteiger partial charge >= 0.3 is 0 Å². The highest BCUT2D eigenvalue weighted by molar-refractivity contribution is 6.30. The third-order valence-electron chi connectivity index (χ3n) is 3.20. The van der Waals surface area contributed by atoms with Gasteiger partial charge in [0.1, 0.15) is 5.75 Å². The quantitative estimate of drug-likeness (QED) is 0.847. The van der Waals surface area contributed by atoms with Crippen LogP contribution >= 0.6 is 11.6 Å². The molecule has 0 bridgehead atoms. The number of carbonyl (C=O) groups excluding carboxylic acids is 1. The number of nitrogens with one attached hydrogen (secondary N) is 1. The van der Waals surface area contributed by atoms with Gasteiger partial charge in [-0.1, -0.05) is 35.9 Å². The third kappa shape index (κ3) is 6.30. The lowest BCUT2D eigenvalue weighted by Crippen LogP contribution is -2.28. The van der Waals surface area contributed by atoms with E-state index < -0.39 is 0 Å². The Morgan fingerprint density at radius 1 is 1.04 bits per heavy atom. The highest BCUT2D eigenvalue weighted by Crippen LogP contribution is 2.15. The number of rotatable bonds is 7. The van der Waals surface area contributed by atoms with Gasteiger partial charge in [0, 0.05) is 18.1 Å². The van der Waals surface area contributed by atoms with Crippen LogP contribution in [0, 0.1) is 0 Å². The summed E-state index contributed by atoms with van der Waals surface area (Å²) in [7, 11) is 4.07. The molecule has 0 aliphatic rings. The lowest BCUT2D eigenvalue weighted by molar-refractivity contribution is -0.123. The Labute approximate surface area is 142 Å². The number of hydrogen-bond acceptors (Lipinski definition) is 3. The molecule has 1 N–H and O–H groups in total. The van der Waals surface area contributed by atoms with Crippen LogP contribution in [0.4, 0.5) is 0 Å². The second-order valence-corrected chi connectivity index (χ2v) is 6.01. The second-order valence-electron chi connectivity index (χ2n) is 5.57. The van der Waals surface area contributed by atoms with Crippen molar-refractivity contribution in [2.75, 3.05) is 20.7 Å². The monoisotopic (exact) mass is 332 g/mol. The van der Waals surface area contributed by atoms with Gasteiger partial charge < -0.3 is 15.0 Å². The molecule has 23 heavy (non-hydrogen) atoms. The number of carbonyl (C=O) groups is 1. The summed E-state index contributed by atoms with van der Waals surface area (Å²) in [6.45, 7) is 1.38. The molecule has 0 atom stereocenters. The van der Waals surface area contributed by atoms with E-state index in [9.17, 15) is 4.79 Å². The van der Waals surface area contributed by atoms with Crippen LogP contribution in [0.2, 0.25) is 5.02 Å². The van der Waals surface area contributed by atoms with Gasteiger partial charge in [0.25, 0.3) is 5.91 Å². The van der Waals surface area contributed by atoms with Gasteiger partial charge in [0.05, 0.1) is 0 Å². The smallest absolute Gasteiger partial charge is 0.258 e. The van der Waals surface area contributed by atoms with Crippen molar-refractivity contribution in [3.8, 4) is 5.75 Å². The number of hydrogen-bond donors (Lipinski definition) is 1. The van der Waals surface area contributed by atoms with Crippen molar-refractivity contribution in [2.45, 2.75) is 13.1 Å². The first-order chi connectivity index (χ1) is 11.0. The van der Waals surface area contributed by atoms with Crippen LogP contribution in [0.15, 0.2) is 48.5 Å². The van der Waals surface area contributed by atoms with Gasteiger partial charge in [-0.05, 0) is 49.5 Å². The predicted molar refractivity (Wildman–Crippen MR) is 92.6 cm³/mol. The fourth-order valence-corrected chi connectivity index (χ4v) is 2.19. The van der Waals surface area contributed by atoms with E-state index in [0.29, 0.717) is 17.3 Å². The molecule has 0 aliphatic heterocycles. The van der Waals surface area contributed by atoms with E-state index in [-0.39, 0.29) is 12.5 Å². The Hall–Kier alpha value is -2.04. The van der Waals surface area contributed by atoms with Crippen molar-refractivity contribution in [2.24, 2.45) is 0 Å². The Kier molecular flexibility index (Phi) is 6.44. The summed E-state index contributed by atoms with van der Waals surface area (Å²) in [5.74, 6) is 0.468. The van der Waals surface area contributed by atoms with E-state index in [2.05, 4.69) is 22.3 Å². The number of benzene rings is 2. The number of ether oxygens (including phenoxy) is 1. The van der Waals surface area contributed by atoms with Gasteiger partial charge in [0.15, 0.2) is 6.61 Å². The maximum Gasteiger partial charge on any atom is 0.258 e. The van der Waals surface area contributed by atoms with Crippen molar-refractivity contribution in [1.82, 2.24) is 10.2 Å². The molecule has 4 nitrogen and oxygen atoms in total. The van der Waals surface area contributed by atoms with Crippen LogP contribution in [0.25, 0.3) is 0 Å². The summed E-state index contributed by atoms with van der Waals surface area (Å²) < 4.78 is 5.40. The molecule has 1 amide bonds. The first-order valence-corrected chi connectivity index (χ1v) is 7.78. The molecule has 0 unspecified atom stereocenters. The van der Waals surface area contributed by atoms with Crippen molar-refractivity contribution < 1.29 is 9.53 Å². The van der Waals surface area contributed by atoms with Crippen molar-refractivity contribution in [3.05, 3.63) is 64.7 Å². The zero-order chi connectivity index (χ0) is 16.7. The molecular formula is C18H21ClN2O2. The van der Waals surface area contributed by atoms with Crippen LogP contribution in [0.3, 0.4) is 0 Å². The molecule has 0 spiro atoms. The Bertz CT molecular complexity index is 624. The Morgan fingerprint density at radius 3 is 2.26 bits per heavy atom. The van der Waals surface area contributed by atoms with E-state index >= 15 is 0 Å². The normalized spacial score (nSPS) is 10.6. The standard InChI is InChI=1S/C18H21ClN2O2/c1-21(2)12-15-5-3-14(4-6-15)11-20-18(22)13-23-17-9-7-16(19)8-10-17/h3-10H,11-13H2,1-2H3,(H,20,22). The molecule has 0 aliphatic carbocycles. The molecule has 5 heteroatoms. The minimum absolute atomic E-state index is 0.0135. The van der Waals surface area contributed by atoms with E-state index in [0.717, 1.165) is 12.1 Å². The van der Waals surface area contributed by atoms with Gasteiger partial charge in [-0.3, -0.25) is 4.79 Å². The molecule has 0 saturated heterocycles. The summed E-state index contributed by atoms with van der Waals surface area (Å²) in [4.78, 5) is 13.9. The average Bonchev–Trinajstić information content (AvgIpc) is 2.53. The second kappa shape index (κ2) is 8.56. The van der Waals surface area contributed by atoms with E-state index in [1.165, 1.54) is 5.56 Å². The minimum atomic E-state index is -0.155. The molecule has 0 aromatic heterocycles. The topological polar surface area (TPSA) is 41.6 Å². The highest BCUT2D eigenvalue weighted by Gasteiger charge is 2.03. The predicted octanol–water partition coefficient (Wildman–Crippen LogP) is 3.10. The van der Waals surface area contributed by atoms with Crippen LogP contribution < -0.4 is 10.1 Å². The summed E-state index contributed by atoms with van der Waals surface area (Å²) in [6.07, 6.45) is 0. The fraction of sp³-hybridized carbons (Fsp3) is 0.278. The van der Waals surface area contributed by atoms with E-state index in [1.807, 2.05) is 26.2 Å². The van der Waals surface area contributed by atoms with E-state index in [1.54, 1.807) is 24.3 Å². The molecular weight excluding hydrogens is 312 g/mol. The summed E-state index contributed by atoms with van der Waals surface area (Å²) in [6, 6.07) is 15.1. The fourth-order valence-electron chi connectivity index (χ4n) is 2.06. The third-order valence-corrected chi connectivity index (χ3v) is 3.45. The maximum absolute atomic E-state index is 11.8. The number of amides is 1. The molecule has 2 aromatic rings. The average molecular weight is 333 g/mol. The van der Waals surface area contributed by atoms with Gasteiger partial charge in [-0.25, -0.2) is 0 Å². The molecule has 122 valence electrons. The first kappa shape index (κ1) is 17.3. The lowest BCUT2D eigenvalue weighted by Gasteiger charge is -2.11. The van der Waals surface area contributed by atoms with Crippen LogP contribution in [0.5, 0.6) is 5.75 Å². The maximum atomic E-state index is 11.8. The number of halogens is 1. The molecule has 2 aromatic carbocycles. The zero-order valence-corrected chi connectivity index (χ0v) is 14.1. The highest BCUT2D eigenvalue weighted by atomic mass is 35.5. The van der Waals surface area contributed by atoms with Gasteiger partial charge in [-0.2, -0.15) is 0 Å². The van der Waals surface area contributed by atoms with Crippen molar-refractivity contribution >= 4 is 17.5 Å². The zero-order valence-electron chi connectivity index (χ0n) is 13.4. The van der Waals surface area contributed by atoms with Gasteiger partial charge in [0.2, 0.25) is 0 Å². The summed E-state index contributed by atoms with van der Waals surface area (Å²) >= 11 is 5.79. The molecule has 2 rings (SSSR count). The summed E-state index contributed by atoms with van der Waals surface area (Å²) in [5.41, 5.74) is 2.31. The summed E-state index contributed by atoms with van der Waals surface area (Å²) in [5, 5.41) is 3.48. The first-order valence-electron chi connectivity index (χ1n) is 7.40. The van der Waals surface area contributed by atoms with E-state index in [4.69, 9.17) is 16.3 Å². The molecule has 0 radical (unpaired) electrons. The molecule has 0 heterocycles. The van der Waals surface area contributed by atoms with Crippen molar-refractivity contribution in [3.63, 3.8) is 0 Å². The molecule has 0 fully saturated rings. The Morgan fingerprint density at radius 2 is 1.65 bits per heavy atom. The van der Waals surface area contributed by atoms with Gasteiger partial charge in [-0.15, -0.1) is 0 Å². The molecule has 0 saturated carbocycles. The van der Waals surface area contributed by atoms with Crippen LogP contribution in [0.1, 0.15) is 11.1 Å². The SMILES string of the molecule is CN(C)Cc1ccc(CNC(=O)COc2ccc(Cl)cc2)cc1.